The zero-order chi connectivity index (χ0) is 24.1. The van der Waals surface area contributed by atoms with Crippen molar-refractivity contribution >= 4 is 57.6 Å². The molecule has 0 spiro atoms. The standard InChI is InChI=1S/C22H24ClN5O5S/c23-18-13-15(1-3-20(18)27-7-11-33-12-8-27)24-22(34)25-21(29)17-14-16(28(30)31)2-4-19(17)26-5-9-32-10-6-26/h1-4,13-14H,5-12H2,(H2,24,25,29,34). The molecule has 0 unspecified atom stereocenters. The lowest BCUT2D eigenvalue weighted by Crippen LogP contribution is -2.39. The summed E-state index contributed by atoms with van der Waals surface area (Å²) in [7, 11) is 0. The minimum Gasteiger partial charge on any atom is -0.378 e. The number of rotatable bonds is 5. The molecule has 2 aromatic carbocycles. The van der Waals surface area contributed by atoms with Gasteiger partial charge in [0.05, 0.1) is 53.3 Å². The van der Waals surface area contributed by atoms with E-state index in [4.69, 9.17) is 33.3 Å². The fourth-order valence-corrected chi connectivity index (χ4v) is 4.39. The maximum absolute atomic E-state index is 13.0. The lowest BCUT2D eigenvalue weighted by atomic mass is 10.1. The third-order valence-corrected chi connectivity index (χ3v) is 6.08. The highest BCUT2D eigenvalue weighted by Crippen LogP contribution is 2.30. The molecule has 0 bridgehead atoms. The van der Waals surface area contributed by atoms with Crippen LogP contribution in [0.4, 0.5) is 22.7 Å². The van der Waals surface area contributed by atoms with Crippen molar-refractivity contribution in [3.05, 3.63) is 57.1 Å². The highest BCUT2D eigenvalue weighted by atomic mass is 35.5. The van der Waals surface area contributed by atoms with Crippen LogP contribution in [0, 0.1) is 10.1 Å². The third kappa shape index (κ3) is 5.73. The molecule has 0 atom stereocenters. The van der Waals surface area contributed by atoms with Crippen molar-refractivity contribution in [2.24, 2.45) is 0 Å². The average molecular weight is 506 g/mol. The van der Waals surface area contributed by atoms with Gasteiger partial charge in [-0.05, 0) is 36.5 Å². The van der Waals surface area contributed by atoms with Gasteiger partial charge in [0.15, 0.2) is 5.11 Å². The van der Waals surface area contributed by atoms with Crippen molar-refractivity contribution in [1.82, 2.24) is 5.32 Å². The number of ether oxygens (including phenoxy) is 2. The van der Waals surface area contributed by atoms with Crippen molar-refractivity contribution in [3.8, 4) is 0 Å². The summed E-state index contributed by atoms with van der Waals surface area (Å²) in [5.74, 6) is -0.543. The number of thiocarbonyl (C=S) groups is 1. The molecule has 2 aliphatic heterocycles. The van der Waals surface area contributed by atoms with E-state index in [0.717, 1.165) is 18.8 Å². The van der Waals surface area contributed by atoms with Gasteiger partial charge in [-0.2, -0.15) is 0 Å². The minimum atomic E-state index is -0.543. The SMILES string of the molecule is O=C(NC(=S)Nc1ccc(N2CCOCC2)c(Cl)c1)c1cc([N+](=O)[O-])ccc1N1CCOCC1. The molecule has 10 nitrogen and oxygen atoms in total. The minimum absolute atomic E-state index is 0.0552. The van der Waals surface area contributed by atoms with Gasteiger partial charge in [-0.25, -0.2) is 0 Å². The van der Waals surface area contributed by atoms with Crippen LogP contribution in [0.2, 0.25) is 5.02 Å². The monoisotopic (exact) mass is 505 g/mol. The van der Waals surface area contributed by atoms with E-state index < -0.39 is 10.8 Å². The van der Waals surface area contributed by atoms with Crippen LogP contribution in [0.3, 0.4) is 0 Å². The van der Waals surface area contributed by atoms with E-state index in [1.165, 1.54) is 12.1 Å². The highest BCUT2D eigenvalue weighted by molar-refractivity contribution is 7.80. The van der Waals surface area contributed by atoms with Gasteiger partial charge in [-0.15, -0.1) is 0 Å². The van der Waals surface area contributed by atoms with Gasteiger partial charge in [-0.3, -0.25) is 20.2 Å². The molecule has 0 aromatic heterocycles. The number of hydrogen-bond acceptors (Lipinski definition) is 8. The van der Waals surface area contributed by atoms with E-state index >= 15 is 0 Å². The van der Waals surface area contributed by atoms with E-state index in [2.05, 4.69) is 15.5 Å². The number of anilines is 3. The first-order valence-electron chi connectivity index (χ1n) is 10.8. The van der Waals surface area contributed by atoms with Crippen LogP contribution in [-0.4, -0.2) is 68.5 Å². The molecular formula is C22H24ClN5O5S. The van der Waals surface area contributed by atoms with E-state index in [-0.39, 0.29) is 16.4 Å². The normalized spacial score (nSPS) is 16.1. The van der Waals surface area contributed by atoms with Crippen LogP contribution in [0.15, 0.2) is 36.4 Å². The molecule has 2 aliphatic rings. The van der Waals surface area contributed by atoms with E-state index in [1.807, 2.05) is 17.0 Å². The largest absolute Gasteiger partial charge is 0.378 e. The molecule has 34 heavy (non-hydrogen) atoms. The molecule has 2 heterocycles. The Bertz CT molecular complexity index is 1090. The molecular weight excluding hydrogens is 482 g/mol. The lowest BCUT2D eigenvalue weighted by Gasteiger charge is -2.30. The number of hydrogen-bond donors (Lipinski definition) is 2. The number of carbonyl (C=O) groups is 1. The number of nitro groups is 1. The van der Waals surface area contributed by atoms with Crippen molar-refractivity contribution in [3.63, 3.8) is 0 Å². The molecule has 12 heteroatoms. The number of nitrogens with zero attached hydrogens (tertiary/aromatic N) is 3. The summed E-state index contributed by atoms with van der Waals surface area (Å²) in [5.41, 5.74) is 2.09. The van der Waals surface area contributed by atoms with E-state index in [9.17, 15) is 14.9 Å². The lowest BCUT2D eigenvalue weighted by molar-refractivity contribution is -0.384. The van der Waals surface area contributed by atoms with Crippen LogP contribution in [0.1, 0.15) is 10.4 Å². The van der Waals surface area contributed by atoms with Crippen LogP contribution in [-0.2, 0) is 9.47 Å². The molecule has 180 valence electrons. The number of halogens is 1. The Hall–Kier alpha value is -2.99. The molecule has 0 aliphatic carbocycles. The summed E-state index contributed by atoms with van der Waals surface area (Å²) in [6.07, 6.45) is 0. The molecule has 0 saturated carbocycles. The smallest absolute Gasteiger partial charge is 0.270 e. The number of nitrogens with one attached hydrogen (secondary N) is 2. The van der Waals surface area contributed by atoms with Crippen LogP contribution in [0.25, 0.3) is 0 Å². The second-order valence-corrected chi connectivity index (χ2v) is 8.55. The van der Waals surface area contributed by atoms with Crippen molar-refractivity contribution in [2.45, 2.75) is 0 Å². The second kappa shape index (κ2) is 11.0. The number of carbonyl (C=O) groups excluding carboxylic acids is 1. The molecule has 1 amide bonds. The number of benzene rings is 2. The van der Waals surface area contributed by atoms with Crippen LogP contribution in [0.5, 0.6) is 0 Å². The topological polar surface area (TPSA) is 109 Å². The van der Waals surface area contributed by atoms with Gasteiger partial charge in [0.1, 0.15) is 0 Å². The van der Waals surface area contributed by atoms with Gasteiger partial charge < -0.3 is 24.6 Å². The summed E-state index contributed by atoms with van der Waals surface area (Å²) in [6, 6.07) is 9.67. The molecule has 4 rings (SSSR count). The maximum Gasteiger partial charge on any atom is 0.270 e. The van der Waals surface area contributed by atoms with Gasteiger partial charge in [0.2, 0.25) is 0 Å². The third-order valence-electron chi connectivity index (χ3n) is 5.57. The molecule has 0 radical (unpaired) electrons. The quantitative estimate of drug-likeness (QED) is 0.360. The summed E-state index contributed by atoms with van der Waals surface area (Å²) < 4.78 is 10.7. The Morgan fingerprint density at radius 3 is 2.15 bits per heavy atom. The molecule has 2 aromatic rings. The summed E-state index contributed by atoms with van der Waals surface area (Å²) in [4.78, 5) is 27.9. The van der Waals surface area contributed by atoms with Crippen molar-refractivity contribution in [2.75, 3.05) is 67.7 Å². The number of nitro benzene ring substituents is 1. The Labute approximate surface area is 206 Å². The van der Waals surface area contributed by atoms with E-state index in [0.29, 0.717) is 55.9 Å². The van der Waals surface area contributed by atoms with Crippen LogP contribution >= 0.6 is 23.8 Å². The van der Waals surface area contributed by atoms with Gasteiger partial charge in [0.25, 0.3) is 11.6 Å². The zero-order valence-electron chi connectivity index (χ0n) is 18.3. The first-order chi connectivity index (χ1) is 16.4. The predicted molar refractivity (Wildman–Crippen MR) is 134 cm³/mol. The molecule has 2 fully saturated rings. The predicted octanol–water partition coefficient (Wildman–Crippen LogP) is 3.05. The fraction of sp³-hybridized carbons (Fsp3) is 0.364. The fourth-order valence-electron chi connectivity index (χ4n) is 3.88. The van der Waals surface area contributed by atoms with Gasteiger partial charge in [-0.1, -0.05) is 11.6 Å². The Morgan fingerprint density at radius 1 is 0.971 bits per heavy atom. The van der Waals surface area contributed by atoms with Gasteiger partial charge in [0, 0.05) is 44.0 Å². The highest BCUT2D eigenvalue weighted by Gasteiger charge is 2.23. The first kappa shape index (κ1) is 24.1. The summed E-state index contributed by atoms with van der Waals surface area (Å²) >= 11 is 11.8. The summed E-state index contributed by atoms with van der Waals surface area (Å²) in [6.45, 7) is 5.00. The molecule has 2 saturated heterocycles. The Kier molecular flexibility index (Phi) is 7.78. The first-order valence-corrected chi connectivity index (χ1v) is 11.6. The number of morpholine rings is 2. The van der Waals surface area contributed by atoms with Crippen LogP contribution < -0.4 is 20.4 Å². The van der Waals surface area contributed by atoms with Crippen molar-refractivity contribution < 1.29 is 19.2 Å². The Balaban J connectivity index is 1.47. The number of amides is 1. The maximum atomic E-state index is 13.0. The molecule has 2 N–H and O–H groups in total. The summed E-state index contributed by atoms with van der Waals surface area (Å²) in [5, 5.41) is 17.5. The Morgan fingerprint density at radius 2 is 1.56 bits per heavy atom. The van der Waals surface area contributed by atoms with Crippen molar-refractivity contribution in [1.29, 1.82) is 0 Å². The second-order valence-electron chi connectivity index (χ2n) is 7.73. The average Bonchev–Trinajstić information content (AvgIpc) is 2.84. The zero-order valence-corrected chi connectivity index (χ0v) is 19.9. The van der Waals surface area contributed by atoms with Gasteiger partial charge >= 0.3 is 0 Å². The van der Waals surface area contributed by atoms with E-state index in [1.54, 1.807) is 12.1 Å². The number of non-ortho nitro benzene ring substituents is 1.